The lowest BCUT2D eigenvalue weighted by Crippen LogP contribution is -2.59. The summed E-state index contributed by atoms with van der Waals surface area (Å²) in [7, 11) is 0. The van der Waals surface area contributed by atoms with Gasteiger partial charge in [-0.15, -0.1) is 0 Å². The number of fused-ring (bicyclic) bond motifs is 1. The molecule has 0 aliphatic carbocycles. The van der Waals surface area contributed by atoms with Crippen molar-refractivity contribution in [3.63, 3.8) is 0 Å². The number of carbonyl (C=O) groups excluding carboxylic acids is 2. The smallest absolute Gasteiger partial charge is 0.250 e. The standard InChI is InChI=1S/C20H27N3O3/c1-19(2)13-14(7-12-26-19)17(24)23-10-8-20(9-11-23)18(25)21-15-5-3-4-6-16(15)22-20/h3-6,14,22H,7-13H2,1-2H3,(H,21,25)/t14-/m1/s1. The highest BCUT2D eigenvalue weighted by molar-refractivity contribution is 6.06. The Morgan fingerprint density at radius 2 is 1.88 bits per heavy atom. The van der Waals surface area contributed by atoms with Crippen LogP contribution in [0, 0.1) is 5.92 Å². The van der Waals surface area contributed by atoms with Crippen LogP contribution in [0.3, 0.4) is 0 Å². The maximum atomic E-state index is 12.9. The summed E-state index contributed by atoms with van der Waals surface area (Å²) in [5.41, 5.74) is 0.939. The molecule has 2 fully saturated rings. The Hall–Kier alpha value is -2.08. The van der Waals surface area contributed by atoms with Crippen molar-refractivity contribution in [2.75, 3.05) is 30.3 Å². The van der Waals surface area contributed by atoms with E-state index in [9.17, 15) is 9.59 Å². The number of likely N-dealkylation sites (tertiary alicyclic amines) is 1. The summed E-state index contributed by atoms with van der Waals surface area (Å²) in [6.45, 7) is 5.96. The molecule has 4 rings (SSSR count). The molecule has 0 unspecified atom stereocenters. The zero-order valence-electron chi connectivity index (χ0n) is 15.5. The first-order chi connectivity index (χ1) is 12.4. The summed E-state index contributed by atoms with van der Waals surface area (Å²) in [5.74, 6) is 0.255. The Balaban J connectivity index is 1.43. The predicted octanol–water partition coefficient (Wildman–Crippen LogP) is 2.62. The summed E-state index contributed by atoms with van der Waals surface area (Å²) in [5, 5.41) is 6.46. The van der Waals surface area contributed by atoms with E-state index in [0.29, 0.717) is 32.5 Å². The number of hydrogen-bond acceptors (Lipinski definition) is 4. The summed E-state index contributed by atoms with van der Waals surface area (Å²) in [6, 6.07) is 7.76. The van der Waals surface area contributed by atoms with Gasteiger partial charge >= 0.3 is 0 Å². The van der Waals surface area contributed by atoms with Crippen molar-refractivity contribution in [1.82, 2.24) is 4.90 Å². The van der Waals surface area contributed by atoms with Gasteiger partial charge in [-0.3, -0.25) is 9.59 Å². The first kappa shape index (κ1) is 17.3. The zero-order valence-corrected chi connectivity index (χ0v) is 15.5. The van der Waals surface area contributed by atoms with E-state index in [1.807, 2.05) is 43.0 Å². The number of ether oxygens (including phenoxy) is 1. The number of rotatable bonds is 1. The van der Waals surface area contributed by atoms with Crippen LogP contribution in [0.2, 0.25) is 0 Å². The van der Waals surface area contributed by atoms with Crippen molar-refractivity contribution >= 4 is 23.2 Å². The molecule has 2 N–H and O–H groups in total. The number of carbonyl (C=O) groups is 2. The van der Waals surface area contributed by atoms with E-state index >= 15 is 0 Å². The molecule has 1 aromatic carbocycles. The quantitative estimate of drug-likeness (QED) is 0.811. The van der Waals surface area contributed by atoms with Crippen molar-refractivity contribution < 1.29 is 14.3 Å². The van der Waals surface area contributed by atoms with Gasteiger partial charge in [-0.05, 0) is 51.7 Å². The van der Waals surface area contributed by atoms with E-state index in [0.717, 1.165) is 24.2 Å². The van der Waals surface area contributed by atoms with Crippen molar-refractivity contribution in [2.24, 2.45) is 5.92 Å². The van der Waals surface area contributed by atoms with Gasteiger partial charge in [0.2, 0.25) is 11.8 Å². The Morgan fingerprint density at radius 1 is 1.19 bits per heavy atom. The Labute approximate surface area is 154 Å². The number of piperidine rings is 1. The first-order valence-corrected chi connectivity index (χ1v) is 9.50. The molecular weight excluding hydrogens is 330 g/mol. The summed E-state index contributed by atoms with van der Waals surface area (Å²) >= 11 is 0. The van der Waals surface area contributed by atoms with E-state index in [1.165, 1.54) is 0 Å². The molecule has 26 heavy (non-hydrogen) atoms. The highest BCUT2D eigenvalue weighted by Gasteiger charge is 2.46. The molecule has 1 atom stereocenters. The van der Waals surface area contributed by atoms with Gasteiger partial charge in [-0.25, -0.2) is 0 Å². The molecule has 6 heteroatoms. The molecule has 0 aromatic heterocycles. The molecule has 1 aromatic rings. The molecular formula is C20H27N3O3. The number of nitrogens with zero attached hydrogens (tertiary/aromatic N) is 1. The second-order valence-corrected chi connectivity index (χ2v) is 8.33. The molecule has 3 heterocycles. The molecule has 0 saturated carbocycles. The number of amides is 2. The maximum Gasteiger partial charge on any atom is 0.250 e. The molecule has 0 radical (unpaired) electrons. The monoisotopic (exact) mass is 357 g/mol. The highest BCUT2D eigenvalue weighted by Crippen LogP contribution is 2.37. The van der Waals surface area contributed by atoms with Gasteiger partial charge in [0.05, 0.1) is 17.0 Å². The Bertz CT molecular complexity index is 723. The van der Waals surface area contributed by atoms with Gasteiger partial charge in [-0.1, -0.05) is 12.1 Å². The molecule has 2 saturated heterocycles. The predicted molar refractivity (Wildman–Crippen MR) is 100.0 cm³/mol. The van der Waals surface area contributed by atoms with Crippen molar-refractivity contribution in [3.05, 3.63) is 24.3 Å². The zero-order chi connectivity index (χ0) is 18.4. The summed E-state index contributed by atoms with van der Waals surface area (Å²) in [4.78, 5) is 27.6. The topological polar surface area (TPSA) is 70.7 Å². The van der Waals surface area contributed by atoms with Gasteiger partial charge in [-0.2, -0.15) is 0 Å². The SMILES string of the molecule is CC1(C)C[C@H](C(=O)N2CCC3(CC2)Nc2ccccc2NC3=O)CCO1. The van der Waals surface area contributed by atoms with Crippen LogP contribution in [0.1, 0.15) is 39.5 Å². The average molecular weight is 357 g/mol. The third-order valence-corrected chi connectivity index (χ3v) is 5.96. The van der Waals surface area contributed by atoms with Gasteiger partial charge in [0.25, 0.3) is 0 Å². The van der Waals surface area contributed by atoms with Crippen LogP contribution in [0.25, 0.3) is 0 Å². The average Bonchev–Trinajstić information content (AvgIpc) is 2.62. The third kappa shape index (κ3) is 3.07. The van der Waals surface area contributed by atoms with E-state index < -0.39 is 5.54 Å². The van der Waals surface area contributed by atoms with Crippen LogP contribution in [0.4, 0.5) is 11.4 Å². The van der Waals surface area contributed by atoms with Gasteiger partial charge in [0.15, 0.2) is 0 Å². The largest absolute Gasteiger partial charge is 0.376 e. The second-order valence-electron chi connectivity index (χ2n) is 8.33. The van der Waals surface area contributed by atoms with Crippen molar-refractivity contribution in [2.45, 2.75) is 50.7 Å². The fraction of sp³-hybridized carbons (Fsp3) is 0.600. The van der Waals surface area contributed by atoms with Crippen LogP contribution >= 0.6 is 0 Å². The minimum absolute atomic E-state index is 0.00972. The highest BCUT2D eigenvalue weighted by atomic mass is 16.5. The lowest BCUT2D eigenvalue weighted by Gasteiger charge is -2.45. The van der Waals surface area contributed by atoms with E-state index in [-0.39, 0.29) is 23.3 Å². The Kier molecular flexibility index (Phi) is 4.18. The number of hydrogen-bond donors (Lipinski definition) is 2. The molecule has 2 amide bonds. The fourth-order valence-electron chi connectivity index (χ4n) is 4.42. The number of anilines is 2. The minimum atomic E-state index is -0.611. The molecule has 0 bridgehead atoms. The second kappa shape index (κ2) is 6.27. The van der Waals surface area contributed by atoms with E-state index in [4.69, 9.17) is 4.74 Å². The van der Waals surface area contributed by atoms with Crippen LogP contribution in [0.15, 0.2) is 24.3 Å². The van der Waals surface area contributed by atoms with Gasteiger partial charge < -0.3 is 20.3 Å². The number of nitrogens with one attached hydrogen (secondary N) is 2. The van der Waals surface area contributed by atoms with Gasteiger partial charge in [0.1, 0.15) is 5.54 Å². The normalized spacial score (nSPS) is 26.6. The molecule has 140 valence electrons. The molecule has 3 aliphatic heterocycles. The molecule has 3 aliphatic rings. The summed E-state index contributed by atoms with van der Waals surface area (Å²) in [6.07, 6.45) is 2.81. The van der Waals surface area contributed by atoms with Crippen molar-refractivity contribution in [3.8, 4) is 0 Å². The molecule has 6 nitrogen and oxygen atoms in total. The Morgan fingerprint density at radius 3 is 2.58 bits per heavy atom. The minimum Gasteiger partial charge on any atom is -0.376 e. The fourth-order valence-corrected chi connectivity index (χ4v) is 4.42. The van der Waals surface area contributed by atoms with Crippen LogP contribution < -0.4 is 10.6 Å². The molecule has 1 spiro atoms. The van der Waals surface area contributed by atoms with E-state index in [2.05, 4.69) is 10.6 Å². The first-order valence-electron chi connectivity index (χ1n) is 9.50. The van der Waals surface area contributed by atoms with E-state index in [1.54, 1.807) is 0 Å². The van der Waals surface area contributed by atoms with Gasteiger partial charge in [0, 0.05) is 25.6 Å². The lowest BCUT2D eigenvalue weighted by molar-refractivity contribution is -0.147. The van der Waals surface area contributed by atoms with Crippen molar-refractivity contribution in [1.29, 1.82) is 0 Å². The summed E-state index contributed by atoms with van der Waals surface area (Å²) < 4.78 is 5.74. The number of benzene rings is 1. The van der Waals surface area contributed by atoms with Crippen LogP contribution in [0.5, 0.6) is 0 Å². The number of para-hydroxylation sites is 2. The van der Waals surface area contributed by atoms with Crippen LogP contribution in [-0.2, 0) is 14.3 Å². The lowest BCUT2D eigenvalue weighted by atomic mass is 9.82. The van der Waals surface area contributed by atoms with Crippen LogP contribution in [-0.4, -0.2) is 47.6 Å². The third-order valence-electron chi connectivity index (χ3n) is 5.96. The maximum absolute atomic E-state index is 12.9.